The molecule has 0 aromatic carbocycles. The molecule has 0 aromatic rings. The lowest BCUT2D eigenvalue weighted by Gasteiger charge is -2.14. The third kappa shape index (κ3) is 0.802. The summed E-state index contributed by atoms with van der Waals surface area (Å²) in [4.78, 5) is 9.91. The number of hydrogen-bond donors (Lipinski definition) is 1. The van der Waals surface area contributed by atoms with Crippen LogP contribution >= 0.6 is 0 Å². The second-order valence-electron chi connectivity index (χ2n) is 1.96. The van der Waals surface area contributed by atoms with Gasteiger partial charge in [0.15, 0.2) is 0 Å². The predicted octanol–water partition coefficient (Wildman–Crippen LogP) is 0.132. The van der Waals surface area contributed by atoms with Gasteiger partial charge in [-0.1, -0.05) is 0 Å². The van der Waals surface area contributed by atoms with E-state index in [9.17, 15) is 22.4 Å². The molecule has 11 heavy (non-hydrogen) atoms. The summed E-state index contributed by atoms with van der Waals surface area (Å²) >= 11 is 0. The summed E-state index contributed by atoms with van der Waals surface area (Å²) in [5, 5.41) is 8.09. The summed E-state index contributed by atoms with van der Waals surface area (Å²) in [6, 6.07) is 0. The van der Waals surface area contributed by atoms with Crippen LogP contribution in [0.5, 0.6) is 0 Å². The van der Waals surface area contributed by atoms with Crippen molar-refractivity contribution in [3.05, 3.63) is 0 Å². The van der Waals surface area contributed by atoms with Crippen molar-refractivity contribution < 1.29 is 32.2 Å². The molecule has 7 heteroatoms. The van der Waals surface area contributed by atoms with Crippen LogP contribution in [0.2, 0.25) is 0 Å². The number of esters is 1. The molecule has 0 aromatic heterocycles. The van der Waals surface area contributed by atoms with E-state index in [2.05, 4.69) is 4.74 Å². The van der Waals surface area contributed by atoms with Crippen molar-refractivity contribution in [3.8, 4) is 0 Å². The van der Waals surface area contributed by atoms with E-state index in [1.165, 1.54) is 0 Å². The zero-order chi connectivity index (χ0) is 8.86. The molecule has 0 bridgehead atoms. The Labute approximate surface area is 57.6 Å². The van der Waals surface area contributed by atoms with Crippen molar-refractivity contribution in [2.45, 2.75) is 18.1 Å². The van der Waals surface area contributed by atoms with E-state index >= 15 is 0 Å². The Balaban J connectivity index is 3.04. The van der Waals surface area contributed by atoms with Crippen LogP contribution < -0.4 is 0 Å². The predicted molar refractivity (Wildman–Crippen MR) is 22.0 cm³/mol. The molecule has 1 heterocycles. The Hall–Kier alpha value is -0.850. The van der Waals surface area contributed by atoms with Gasteiger partial charge in [-0.05, 0) is 0 Å². The normalized spacial score (nSPS) is 33.5. The molecule has 1 fully saturated rings. The maximum absolute atomic E-state index is 12.0. The van der Waals surface area contributed by atoms with Gasteiger partial charge in [0.1, 0.15) is 0 Å². The zero-order valence-corrected chi connectivity index (χ0v) is 4.85. The van der Waals surface area contributed by atoms with Gasteiger partial charge >= 0.3 is 17.8 Å². The monoisotopic (exact) mass is 174 g/mol. The topological polar surface area (TPSA) is 46.5 Å². The molecule has 1 aliphatic heterocycles. The summed E-state index contributed by atoms with van der Waals surface area (Å²) in [7, 11) is 0. The van der Waals surface area contributed by atoms with Gasteiger partial charge in [0.25, 0.3) is 6.29 Å². The summed E-state index contributed by atoms with van der Waals surface area (Å²) in [6.07, 6.45) is -3.05. The average molecular weight is 174 g/mol. The lowest BCUT2D eigenvalue weighted by molar-refractivity contribution is -0.233. The van der Waals surface area contributed by atoms with Gasteiger partial charge < -0.3 is 9.84 Å². The summed E-state index contributed by atoms with van der Waals surface area (Å²) in [5.41, 5.74) is 0. The first-order chi connectivity index (χ1) is 4.80. The number of carbonyl (C=O) groups excluding carboxylic acids is 1. The number of alkyl halides is 4. The summed E-state index contributed by atoms with van der Waals surface area (Å²) < 4.78 is 51.2. The average Bonchev–Trinajstić information content (AvgIpc) is 1.95. The second-order valence-corrected chi connectivity index (χ2v) is 1.96. The minimum absolute atomic E-state index is 2.41. The molecule has 1 aliphatic rings. The van der Waals surface area contributed by atoms with Gasteiger partial charge in [-0.3, -0.25) is 0 Å². The van der Waals surface area contributed by atoms with Crippen molar-refractivity contribution in [2.24, 2.45) is 0 Å². The highest BCUT2D eigenvalue weighted by Gasteiger charge is 2.74. The number of carbonyl (C=O) groups is 1. The first-order valence-electron chi connectivity index (χ1n) is 2.45. The Morgan fingerprint density at radius 3 is 1.91 bits per heavy atom. The molecular formula is C4H2F4O3. The number of ether oxygens (including phenoxy) is 1. The molecule has 64 valence electrons. The quantitative estimate of drug-likeness (QED) is 0.419. The van der Waals surface area contributed by atoms with Crippen LogP contribution in [0.3, 0.4) is 0 Å². The molecule has 0 saturated carbocycles. The van der Waals surface area contributed by atoms with Crippen molar-refractivity contribution in [1.82, 2.24) is 0 Å². The first kappa shape index (κ1) is 8.25. The van der Waals surface area contributed by atoms with E-state index in [0.717, 1.165) is 0 Å². The largest absolute Gasteiger partial charge is 0.424 e. The third-order valence-corrected chi connectivity index (χ3v) is 1.20. The third-order valence-electron chi connectivity index (χ3n) is 1.20. The van der Waals surface area contributed by atoms with Crippen LogP contribution in [0, 0.1) is 0 Å². The maximum Gasteiger partial charge on any atom is 0.411 e. The highest BCUT2D eigenvalue weighted by Crippen LogP contribution is 2.43. The Bertz CT molecular complexity index is 202. The highest BCUT2D eigenvalue weighted by atomic mass is 19.3. The van der Waals surface area contributed by atoms with Gasteiger partial charge in [0, 0.05) is 0 Å². The molecule has 0 spiro atoms. The smallest absolute Gasteiger partial charge is 0.411 e. The fourth-order valence-corrected chi connectivity index (χ4v) is 0.541. The molecule has 1 N–H and O–H groups in total. The lowest BCUT2D eigenvalue weighted by atomic mass is 10.2. The maximum atomic E-state index is 12.0. The highest BCUT2D eigenvalue weighted by molar-refractivity contribution is 5.81. The van der Waals surface area contributed by atoms with Crippen LogP contribution in [0.1, 0.15) is 0 Å². The van der Waals surface area contributed by atoms with Gasteiger partial charge in [0.2, 0.25) is 0 Å². The van der Waals surface area contributed by atoms with Crippen molar-refractivity contribution in [2.75, 3.05) is 0 Å². The molecule has 1 unspecified atom stereocenters. The van der Waals surface area contributed by atoms with E-state index in [1.54, 1.807) is 0 Å². The van der Waals surface area contributed by atoms with Crippen molar-refractivity contribution >= 4 is 5.97 Å². The molecule has 0 amide bonds. The van der Waals surface area contributed by atoms with Crippen LogP contribution in [-0.4, -0.2) is 29.2 Å². The van der Waals surface area contributed by atoms with E-state index < -0.39 is 24.1 Å². The number of cyclic esters (lactones) is 1. The SMILES string of the molecule is O=C1OC(O)C(F)(F)C1(F)F. The molecule has 3 nitrogen and oxygen atoms in total. The molecular weight excluding hydrogens is 172 g/mol. The van der Waals surface area contributed by atoms with Gasteiger partial charge in [0.05, 0.1) is 0 Å². The molecule has 1 rings (SSSR count). The second kappa shape index (κ2) is 1.84. The Kier molecular flexibility index (Phi) is 1.38. The van der Waals surface area contributed by atoms with Gasteiger partial charge in [-0.15, -0.1) is 0 Å². The molecule has 1 atom stereocenters. The summed E-state index contributed by atoms with van der Waals surface area (Å²) in [5.74, 6) is -12.2. The van der Waals surface area contributed by atoms with E-state index in [0.29, 0.717) is 0 Å². The number of hydrogen-bond acceptors (Lipinski definition) is 3. The standard InChI is InChI=1S/C4H2F4O3/c5-3(6)1(9)11-2(10)4(3,7)8/h1,9H. The molecule has 0 aliphatic carbocycles. The molecule has 0 radical (unpaired) electrons. The first-order valence-corrected chi connectivity index (χ1v) is 2.45. The van der Waals surface area contributed by atoms with E-state index in [-0.39, 0.29) is 0 Å². The van der Waals surface area contributed by atoms with Crippen LogP contribution in [0.25, 0.3) is 0 Å². The van der Waals surface area contributed by atoms with Gasteiger partial charge in [-0.2, -0.15) is 17.6 Å². The number of rotatable bonds is 0. The number of aliphatic hydroxyl groups excluding tert-OH is 1. The van der Waals surface area contributed by atoms with Crippen molar-refractivity contribution in [3.63, 3.8) is 0 Å². The number of aliphatic hydroxyl groups is 1. The van der Waals surface area contributed by atoms with E-state index in [1.807, 2.05) is 0 Å². The van der Waals surface area contributed by atoms with Crippen LogP contribution in [-0.2, 0) is 9.53 Å². The zero-order valence-electron chi connectivity index (χ0n) is 4.85. The fourth-order valence-electron chi connectivity index (χ4n) is 0.541. The van der Waals surface area contributed by atoms with Crippen molar-refractivity contribution in [1.29, 1.82) is 0 Å². The summed E-state index contributed by atoms with van der Waals surface area (Å²) in [6.45, 7) is 0. The Morgan fingerprint density at radius 1 is 1.36 bits per heavy atom. The van der Waals surface area contributed by atoms with Gasteiger partial charge in [-0.25, -0.2) is 4.79 Å². The minimum atomic E-state index is -4.92. The minimum Gasteiger partial charge on any atom is -0.424 e. The number of halogens is 4. The fraction of sp³-hybridized carbons (Fsp3) is 0.750. The van der Waals surface area contributed by atoms with E-state index in [4.69, 9.17) is 5.11 Å². The van der Waals surface area contributed by atoms with Crippen LogP contribution in [0.15, 0.2) is 0 Å². The lowest BCUT2D eigenvalue weighted by Crippen LogP contribution is -2.44. The van der Waals surface area contributed by atoms with Crippen LogP contribution in [0.4, 0.5) is 17.6 Å². The molecule has 1 saturated heterocycles. The Morgan fingerprint density at radius 2 is 1.82 bits per heavy atom.